The van der Waals surface area contributed by atoms with Crippen LogP contribution >= 0.6 is 0 Å². The normalized spacial score (nSPS) is 11.3. The van der Waals surface area contributed by atoms with Crippen molar-refractivity contribution in [3.63, 3.8) is 0 Å². The summed E-state index contributed by atoms with van der Waals surface area (Å²) in [6.07, 6.45) is 4.19. The van der Waals surface area contributed by atoms with Crippen LogP contribution in [0.2, 0.25) is 0 Å². The lowest BCUT2D eigenvalue weighted by atomic mass is 10.1. The van der Waals surface area contributed by atoms with Gasteiger partial charge in [0, 0.05) is 12.4 Å². The minimum atomic E-state index is -3.76. The highest BCUT2D eigenvalue weighted by atomic mass is 32.2. The Bertz CT molecular complexity index is 699. The lowest BCUT2D eigenvalue weighted by molar-refractivity contribution is 0.601. The molecule has 0 saturated heterocycles. The molecule has 0 radical (unpaired) electrons. The molecule has 0 atom stereocenters. The maximum absolute atomic E-state index is 12.2. The second-order valence-corrected chi connectivity index (χ2v) is 5.82. The van der Waals surface area contributed by atoms with E-state index in [9.17, 15) is 8.42 Å². The average Bonchev–Trinajstić information content (AvgIpc) is 2.34. The lowest BCUT2D eigenvalue weighted by Crippen LogP contribution is -2.16. The Kier molecular flexibility index (Phi) is 3.39. The van der Waals surface area contributed by atoms with Crippen LogP contribution in [0.25, 0.3) is 0 Å². The molecule has 2 rings (SSSR count). The van der Waals surface area contributed by atoms with Gasteiger partial charge in [0.05, 0.1) is 11.9 Å². The van der Waals surface area contributed by atoms with Crippen molar-refractivity contribution in [2.75, 3.05) is 10.5 Å². The van der Waals surface area contributed by atoms with E-state index in [1.54, 1.807) is 12.1 Å². The van der Waals surface area contributed by atoms with Crippen molar-refractivity contribution in [1.29, 1.82) is 0 Å². The van der Waals surface area contributed by atoms with Crippen LogP contribution in [0.5, 0.6) is 0 Å². The van der Waals surface area contributed by atoms with E-state index in [1.807, 2.05) is 13.8 Å². The van der Waals surface area contributed by atoms with Crippen molar-refractivity contribution < 1.29 is 8.42 Å². The molecule has 0 saturated carbocycles. The average molecular weight is 278 g/mol. The number of benzene rings is 1. The summed E-state index contributed by atoms with van der Waals surface area (Å²) < 4.78 is 26.8. The number of aromatic nitrogens is 2. The number of aryl methyl sites for hydroxylation is 2. The molecule has 0 fully saturated rings. The van der Waals surface area contributed by atoms with E-state index in [0.717, 1.165) is 11.1 Å². The molecular formula is C12H14N4O2S. The molecule has 0 spiro atoms. The Morgan fingerprint density at radius 1 is 1.16 bits per heavy atom. The number of nitrogens with zero attached hydrogens (tertiary/aromatic N) is 2. The second kappa shape index (κ2) is 4.85. The lowest BCUT2D eigenvalue weighted by Gasteiger charge is -2.11. The quantitative estimate of drug-likeness (QED) is 0.829. The van der Waals surface area contributed by atoms with Gasteiger partial charge in [0.2, 0.25) is 0 Å². The van der Waals surface area contributed by atoms with Gasteiger partial charge in [0.1, 0.15) is 4.90 Å². The topological polar surface area (TPSA) is 98.0 Å². The molecule has 3 N–H and O–H groups in total. The molecule has 0 amide bonds. The van der Waals surface area contributed by atoms with Gasteiger partial charge in [-0.05, 0) is 37.1 Å². The van der Waals surface area contributed by atoms with Gasteiger partial charge in [-0.2, -0.15) is 0 Å². The van der Waals surface area contributed by atoms with E-state index in [1.165, 1.54) is 18.6 Å². The van der Waals surface area contributed by atoms with Crippen LogP contribution in [0, 0.1) is 13.8 Å². The Morgan fingerprint density at radius 3 is 2.47 bits per heavy atom. The molecule has 19 heavy (non-hydrogen) atoms. The van der Waals surface area contributed by atoms with Crippen LogP contribution in [0.1, 0.15) is 11.1 Å². The van der Waals surface area contributed by atoms with E-state index in [0.29, 0.717) is 0 Å². The molecular weight excluding hydrogens is 264 g/mol. The van der Waals surface area contributed by atoms with Gasteiger partial charge >= 0.3 is 0 Å². The molecule has 2 aromatic rings. The van der Waals surface area contributed by atoms with E-state index in [2.05, 4.69) is 14.7 Å². The Hall–Kier alpha value is -2.15. The molecule has 1 heterocycles. The van der Waals surface area contributed by atoms with Crippen LogP contribution in [0.15, 0.2) is 35.6 Å². The first kappa shape index (κ1) is 13.3. The number of anilines is 2. The number of sulfonamides is 1. The highest BCUT2D eigenvalue weighted by Crippen LogP contribution is 2.24. The SMILES string of the molecule is Cc1cc(N)c(S(=O)(=O)Nc2cnccn2)cc1C. The highest BCUT2D eigenvalue weighted by Gasteiger charge is 2.19. The standard InChI is InChI=1S/C12H14N4O2S/c1-8-5-10(13)11(6-9(8)2)19(17,18)16-12-7-14-3-4-15-12/h3-7H,13H2,1-2H3,(H,15,16). The molecule has 0 unspecified atom stereocenters. The fraction of sp³-hybridized carbons (Fsp3) is 0.167. The van der Waals surface area contributed by atoms with Crippen molar-refractivity contribution in [2.45, 2.75) is 18.7 Å². The van der Waals surface area contributed by atoms with Crippen LogP contribution in [-0.2, 0) is 10.0 Å². The van der Waals surface area contributed by atoms with Crippen LogP contribution in [0.3, 0.4) is 0 Å². The maximum atomic E-state index is 12.2. The van der Waals surface area contributed by atoms with Crippen molar-refractivity contribution in [3.8, 4) is 0 Å². The number of hydrogen-bond donors (Lipinski definition) is 2. The molecule has 1 aromatic carbocycles. The number of rotatable bonds is 3. The minimum absolute atomic E-state index is 0.0428. The smallest absolute Gasteiger partial charge is 0.265 e. The number of nitrogens with one attached hydrogen (secondary N) is 1. The predicted molar refractivity (Wildman–Crippen MR) is 73.2 cm³/mol. The largest absolute Gasteiger partial charge is 0.398 e. The molecule has 0 bridgehead atoms. The molecule has 1 aromatic heterocycles. The van der Waals surface area contributed by atoms with Gasteiger partial charge in [-0.15, -0.1) is 0 Å². The molecule has 100 valence electrons. The summed E-state index contributed by atoms with van der Waals surface area (Å²) in [6, 6.07) is 3.18. The Labute approximate surface area is 111 Å². The van der Waals surface area contributed by atoms with Gasteiger partial charge in [-0.1, -0.05) is 0 Å². The summed E-state index contributed by atoms with van der Waals surface area (Å²) in [5.41, 5.74) is 7.78. The van der Waals surface area contributed by atoms with Crippen molar-refractivity contribution in [2.24, 2.45) is 0 Å². The van der Waals surface area contributed by atoms with E-state index in [-0.39, 0.29) is 16.4 Å². The van der Waals surface area contributed by atoms with Crippen molar-refractivity contribution in [3.05, 3.63) is 41.9 Å². The summed E-state index contributed by atoms with van der Waals surface area (Å²) in [4.78, 5) is 7.70. The van der Waals surface area contributed by atoms with Crippen molar-refractivity contribution in [1.82, 2.24) is 9.97 Å². The Balaban J connectivity index is 2.43. The predicted octanol–water partition coefficient (Wildman–Crippen LogP) is 1.48. The third-order valence-corrected chi connectivity index (χ3v) is 4.13. The molecule has 7 heteroatoms. The summed E-state index contributed by atoms with van der Waals surface area (Å²) in [5, 5.41) is 0. The molecule has 0 aliphatic heterocycles. The zero-order valence-corrected chi connectivity index (χ0v) is 11.4. The first-order chi connectivity index (χ1) is 8.90. The zero-order chi connectivity index (χ0) is 14.0. The van der Waals surface area contributed by atoms with Crippen LogP contribution in [-0.4, -0.2) is 18.4 Å². The van der Waals surface area contributed by atoms with E-state index in [4.69, 9.17) is 5.73 Å². The van der Waals surface area contributed by atoms with E-state index < -0.39 is 10.0 Å². The number of nitrogen functional groups attached to an aromatic ring is 1. The summed E-state index contributed by atoms with van der Waals surface area (Å²) >= 11 is 0. The first-order valence-electron chi connectivity index (χ1n) is 5.56. The molecule has 0 aliphatic rings. The third-order valence-electron chi connectivity index (χ3n) is 2.72. The summed E-state index contributed by atoms with van der Waals surface area (Å²) in [6.45, 7) is 3.70. The molecule has 6 nitrogen and oxygen atoms in total. The van der Waals surface area contributed by atoms with Gasteiger partial charge in [-0.3, -0.25) is 9.71 Å². The fourth-order valence-corrected chi connectivity index (χ4v) is 2.78. The van der Waals surface area contributed by atoms with Gasteiger partial charge in [0.25, 0.3) is 10.0 Å². The molecule has 0 aliphatic carbocycles. The van der Waals surface area contributed by atoms with Gasteiger partial charge in [0.15, 0.2) is 5.82 Å². The number of nitrogens with two attached hydrogens (primary N) is 1. The Morgan fingerprint density at radius 2 is 1.84 bits per heavy atom. The summed E-state index contributed by atoms with van der Waals surface area (Å²) in [5.74, 6) is 0.153. The highest BCUT2D eigenvalue weighted by molar-refractivity contribution is 7.92. The summed E-state index contributed by atoms with van der Waals surface area (Å²) in [7, 11) is -3.76. The van der Waals surface area contributed by atoms with E-state index >= 15 is 0 Å². The zero-order valence-electron chi connectivity index (χ0n) is 10.6. The van der Waals surface area contributed by atoms with Crippen LogP contribution in [0.4, 0.5) is 11.5 Å². The first-order valence-corrected chi connectivity index (χ1v) is 7.04. The number of hydrogen-bond acceptors (Lipinski definition) is 5. The monoisotopic (exact) mass is 278 g/mol. The van der Waals surface area contributed by atoms with Crippen molar-refractivity contribution >= 4 is 21.5 Å². The minimum Gasteiger partial charge on any atom is -0.398 e. The van der Waals surface area contributed by atoms with Gasteiger partial charge in [-0.25, -0.2) is 13.4 Å². The van der Waals surface area contributed by atoms with Gasteiger partial charge < -0.3 is 5.73 Å². The maximum Gasteiger partial charge on any atom is 0.265 e. The third kappa shape index (κ3) is 2.82. The fourth-order valence-electron chi connectivity index (χ4n) is 1.59. The second-order valence-electron chi connectivity index (χ2n) is 4.17. The van der Waals surface area contributed by atoms with Crippen LogP contribution < -0.4 is 10.5 Å².